The molecule has 0 spiro atoms. The molecule has 14 nitrogen and oxygen atoms in total. The number of rotatable bonds is 14. The fourth-order valence-corrected chi connectivity index (χ4v) is 3.86. The van der Waals surface area contributed by atoms with Gasteiger partial charge in [-0.2, -0.15) is 0 Å². The number of methoxy groups -OCH3 is 2. The van der Waals surface area contributed by atoms with Crippen molar-refractivity contribution in [2.24, 2.45) is 0 Å². The van der Waals surface area contributed by atoms with E-state index in [-0.39, 0.29) is 24.2 Å². The highest BCUT2D eigenvalue weighted by atomic mass is 16.5. The lowest BCUT2D eigenvalue weighted by Crippen LogP contribution is -2.44. The van der Waals surface area contributed by atoms with Gasteiger partial charge in [-0.15, -0.1) is 0 Å². The highest BCUT2D eigenvalue weighted by Gasteiger charge is 2.27. The largest absolute Gasteiger partial charge is 0.467 e. The average Bonchev–Trinajstić information content (AvgIpc) is 3.68. The predicted molar refractivity (Wildman–Crippen MR) is 144 cm³/mol. The number of anilines is 1. The number of unbranched alkanes of at least 4 members (excludes halogenated alkanes) is 1. The maximum Gasteiger partial charge on any atom is 0.328 e. The smallest absolute Gasteiger partial charge is 0.328 e. The molecule has 2 amide bonds. The summed E-state index contributed by atoms with van der Waals surface area (Å²) in [6, 6.07) is 1.01. The zero-order valence-corrected chi connectivity index (χ0v) is 22.9. The molecule has 0 fully saturated rings. The number of hydrogen-bond acceptors (Lipinski definition) is 10. The second-order valence-corrected chi connectivity index (χ2v) is 9.03. The Kier molecular flexibility index (Phi) is 10.7. The number of aromatic amines is 2. The molecule has 0 aromatic carbocycles. The molecule has 0 bridgehead atoms. The number of esters is 2. The van der Waals surface area contributed by atoms with Crippen molar-refractivity contribution < 1.29 is 28.7 Å². The topological polar surface area (TPSA) is 184 Å². The number of ether oxygens (including phenoxy) is 2. The Morgan fingerprint density at radius 2 is 1.35 bits per heavy atom. The molecule has 0 radical (unpaired) electrons. The number of H-pyrrole nitrogens is 2. The lowest BCUT2D eigenvalue weighted by Gasteiger charge is -2.22. The predicted octanol–water partition coefficient (Wildman–Crippen LogP) is 0.792. The molecule has 0 aliphatic carbocycles. The van der Waals surface area contributed by atoms with Gasteiger partial charge in [0.05, 0.1) is 26.9 Å². The zero-order chi connectivity index (χ0) is 29.1. The van der Waals surface area contributed by atoms with Gasteiger partial charge >= 0.3 is 11.9 Å². The van der Waals surface area contributed by atoms with Crippen LogP contribution in [0.3, 0.4) is 0 Å². The number of pyridine rings is 1. The van der Waals surface area contributed by atoms with Crippen LogP contribution in [0.5, 0.6) is 0 Å². The molecule has 214 valence electrons. The molecule has 14 heteroatoms. The molecule has 0 aliphatic heterocycles. The number of amides is 2. The van der Waals surface area contributed by atoms with E-state index < -0.39 is 35.8 Å². The van der Waals surface area contributed by atoms with Crippen LogP contribution in [0.2, 0.25) is 0 Å². The van der Waals surface area contributed by atoms with Gasteiger partial charge in [0.25, 0.3) is 11.8 Å². The third-order valence-corrected chi connectivity index (χ3v) is 6.10. The summed E-state index contributed by atoms with van der Waals surface area (Å²) in [7, 11) is 4.28. The van der Waals surface area contributed by atoms with E-state index >= 15 is 0 Å². The van der Waals surface area contributed by atoms with Crippen LogP contribution in [0.25, 0.3) is 0 Å². The van der Waals surface area contributed by atoms with Crippen molar-refractivity contribution in [3.8, 4) is 0 Å². The molecule has 0 saturated carbocycles. The van der Waals surface area contributed by atoms with Crippen molar-refractivity contribution >= 4 is 29.4 Å². The van der Waals surface area contributed by atoms with Crippen LogP contribution in [-0.2, 0) is 31.9 Å². The number of hydrogen-bond donors (Lipinski definition) is 4. The summed E-state index contributed by atoms with van der Waals surface area (Å²) in [5.41, 5.74) is 1.61. The molecule has 0 unspecified atom stereocenters. The summed E-state index contributed by atoms with van der Waals surface area (Å²) < 4.78 is 9.71. The monoisotopic (exact) mass is 554 g/mol. The van der Waals surface area contributed by atoms with E-state index in [2.05, 4.69) is 42.5 Å². The first kappa shape index (κ1) is 29.8. The molecule has 3 aromatic rings. The van der Waals surface area contributed by atoms with Crippen LogP contribution in [0, 0.1) is 0 Å². The van der Waals surface area contributed by atoms with Gasteiger partial charge in [-0.25, -0.2) is 24.5 Å². The summed E-state index contributed by atoms with van der Waals surface area (Å²) in [6.45, 7) is 2.72. The number of aromatic nitrogens is 5. The van der Waals surface area contributed by atoms with E-state index in [0.717, 1.165) is 12.8 Å². The van der Waals surface area contributed by atoms with Crippen LogP contribution in [0.1, 0.15) is 52.1 Å². The van der Waals surface area contributed by atoms with E-state index in [4.69, 9.17) is 9.47 Å². The molecule has 40 heavy (non-hydrogen) atoms. The standard InChI is InChI=1S/C26H34N8O6/c1-5-6-7-34(2)18-10-19(23(35)32-21(25(37)39-3)8-16-12-27-14-29-16)31-20(11-18)24(36)33-22(26(38)40-4)9-17-13-28-15-30-17/h10-15,21-22H,5-9H2,1-4H3,(H,27,29)(H,28,30)(H,32,35)(H,33,36)/t21-,22-/m0/s1. The van der Waals surface area contributed by atoms with Gasteiger partial charge in [0.2, 0.25) is 0 Å². The summed E-state index contributed by atoms with van der Waals surface area (Å²) in [5, 5.41) is 5.27. The van der Waals surface area contributed by atoms with Crippen LogP contribution >= 0.6 is 0 Å². The van der Waals surface area contributed by atoms with Crippen molar-refractivity contribution in [3.63, 3.8) is 0 Å². The van der Waals surface area contributed by atoms with E-state index in [9.17, 15) is 19.2 Å². The molecule has 0 saturated heterocycles. The molecule has 3 heterocycles. The van der Waals surface area contributed by atoms with Crippen molar-refractivity contribution in [1.29, 1.82) is 0 Å². The van der Waals surface area contributed by atoms with Gasteiger partial charge in [0, 0.05) is 55.9 Å². The van der Waals surface area contributed by atoms with Gasteiger partial charge in [-0.1, -0.05) is 13.3 Å². The molecule has 2 atom stereocenters. The number of nitrogens with one attached hydrogen (secondary N) is 4. The highest BCUT2D eigenvalue weighted by molar-refractivity contribution is 6.00. The van der Waals surface area contributed by atoms with Crippen molar-refractivity contribution in [2.75, 3.05) is 32.7 Å². The van der Waals surface area contributed by atoms with Crippen molar-refractivity contribution in [3.05, 3.63) is 60.0 Å². The van der Waals surface area contributed by atoms with Gasteiger partial charge in [-0.3, -0.25) is 9.59 Å². The number of imidazole rings is 2. The fraction of sp³-hybridized carbons (Fsp3) is 0.423. The fourth-order valence-electron chi connectivity index (χ4n) is 3.86. The van der Waals surface area contributed by atoms with E-state index in [0.29, 0.717) is 23.6 Å². The Bertz CT molecular complexity index is 1190. The summed E-state index contributed by atoms with van der Waals surface area (Å²) in [6.07, 6.45) is 8.03. The summed E-state index contributed by atoms with van der Waals surface area (Å²) in [5.74, 6) is -2.68. The van der Waals surface area contributed by atoms with E-state index in [1.807, 2.05) is 11.9 Å². The van der Waals surface area contributed by atoms with Crippen molar-refractivity contribution in [2.45, 2.75) is 44.7 Å². The Morgan fingerprint density at radius 3 is 1.73 bits per heavy atom. The molecule has 3 aromatic heterocycles. The molecule has 4 N–H and O–H groups in total. The Morgan fingerprint density at radius 1 is 0.875 bits per heavy atom. The molecular weight excluding hydrogens is 520 g/mol. The lowest BCUT2D eigenvalue weighted by molar-refractivity contribution is -0.143. The second-order valence-electron chi connectivity index (χ2n) is 9.03. The molecular formula is C26H34N8O6. The maximum absolute atomic E-state index is 13.3. The first-order valence-electron chi connectivity index (χ1n) is 12.7. The van der Waals surface area contributed by atoms with Gasteiger partial charge < -0.3 is 35.0 Å². The molecule has 0 aliphatic rings. The SMILES string of the molecule is CCCCN(C)c1cc(C(=O)N[C@@H](Cc2cnc[nH]2)C(=O)OC)nc(C(=O)N[C@@H](Cc2cnc[nH]2)C(=O)OC)c1. The quantitative estimate of drug-likeness (QED) is 0.208. The Hall–Kier alpha value is -4.75. The third kappa shape index (κ3) is 8.12. The summed E-state index contributed by atoms with van der Waals surface area (Å²) >= 11 is 0. The zero-order valence-electron chi connectivity index (χ0n) is 22.9. The van der Waals surface area contributed by atoms with Crippen LogP contribution in [-0.4, -0.2) is 88.6 Å². The lowest BCUT2D eigenvalue weighted by atomic mass is 10.1. The average molecular weight is 555 g/mol. The van der Waals surface area contributed by atoms with Crippen LogP contribution in [0.4, 0.5) is 5.69 Å². The second kappa shape index (κ2) is 14.4. The van der Waals surface area contributed by atoms with E-state index in [1.54, 1.807) is 0 Å². The minimum atomic E-state index is -1.03. The minimum Gasteiger partial charge on any atom is -0.467 e. The Labute approximate surface area is 231 Å². The van der Waals surface area contributed by atoms with Gasteiger partial charge in [0.15, 0.2) is 0 Å². The number of carbonyl (C=O) groups excluding carboxylic acids is 4. The van der Waals surface area contributed by atoms with Gasteiger partial charge in [-0.05, 0) is 18.6 Å². The number of nitrogens with zero attached hydrogens (tertiary/aromatic N) is 4. The van der Waals surface area contributed by atoms with Crippen LogP contribution < -0.4 is 15.5 Å². The van der Waals surface area contributed by atoms with Crippen molar-refractivity contribution in [1.82, 2.24) is 35.6 Å². The third-order valence-electron chi connectivity index (χ3n) is 6.10. The minimum absolute atomic E-state index is 0.0901. The Balaban J connectivity index is 1.90. The van der Waals surface area contributed by atoms with Gasteiger partial charge in [0.1, 0.15) is 23.5 Å². The van der Waals surface area contributed by atoms with Crippen LogP contribution in [0.15, 0.2) is 37.2 Å². The first-order valence-corrected chi connectivity index (χ1v) is 12.7. The normalized spacial score (nSPS) is 12.2. The first-order chi connectivity index (χ1) is 19.2. The van der Waals surface area contributed by atoms with E-state index in [1.165, 1.54) is 51.4 Å². The maximum atomic E-state index is 13.3. The number of carbonyl (C=O) groups is 4. The summed E-state index contributed by atoms with van der Waals surface area (Å²) in [4.78, 5) is 71.2. The highest BCUT2D eigenvalue weighted by Crippen LogP contribution is 2.18. The molecule has 3 rings (SSSR count).